The number of halogens is 1. The van der Waals surface area contributed by atoms with Crippen molar-refractivity contribution in [2.24, 2.45) is 5.10 Å². The Balaban J connectivity index is 1.86. The van der Waals surface area contributed by atoms with E-state index in [0.29, 0.717) is 22.2 Å². The molecule has 114 valence electrons. The molecular formula is C16H16ClN3O2. The number of amides is 1. The highest BCUT2D eigenvalue weighted by Gasteiger charge is 2.03. The molecule has 5 nitrogen and oxygen atoms in total. The topological polar surface area (TPSA) is 76.7 Å². The maximum atomic E-state index is 11.7. The minimum absolute atomic E-state index is 0.130. The molecule has 0 bridgehead atoms. The molecule has 0 atom stereocenters. The summed E-state index contributed by atoms with van der Waals surface area (Å²) in [5.74, 6) is 0.217. The van der Waals surface area contributed by atoms with E-state index in [2.05, 4.69) is 10.5 Å². The number of carbonyl (C=O) groups is 1. The van der Waals surface area contributed by atoms with Crippen LogP contribution in [0.5, 0.6) is 5.75 Å². The summed E-state index contributed by atoms with van der Waals surface area (Å²) in [6.45, 7) is 1.66. The Hall–Kier alpha value is -2.53. The van der Waals surface area contributed by atoms with Gasteiger partial charge in [0.15, 0.2) is 6.61 Å². The normalized spacial score (nSPS) is 11.1. The number of nitrogens with zero attached hydrogens (tertiary/aromatic N) is 1. The molecule has 0 saturated heterocycles. The molecule has 3 N–H and O–H groups in total. The van der Waals surface area contributed by atoms with Gasteiger partial charge in [-0.05, 0) is 48.9 Å². The fourth-order valence-electron chi connectivity index (χ4n) is 1.69. The van der Waals surface area contributed by atoms with Gasteiger partial charge in [0.2, 0.25) is 0 Å². The fraction of sp³-hybridized carbons (Fsp3) is 0.125. The second kappa shape index (κ2) is 7.47. The van der Waals surface area contributed by atoms with Crippen LogP contribution in [-0.4, -0.2) is 18.2 Å². The third kappa shape index (κ3) is 4.79. The summed E-state index contributed by atoms with van der Waals surface area (Å²) in [6, 6.07) is 14.0. The molecule has 6 heteroatoms. The molecule has 0 saturated carbocycles. The van der Waals surface area contributed by atoms with E-state index in [1.807, 2.05) is 12.1 Å². The Morgan fingerprint density at radius 3 is 2.68 bits per heavy atom. The number of rotatable bonds is 5. The Morgan fingerprint density at radius 2 is 2.00 bits per heavy atom. The van der Waals surface area contributed by atoms with Gasteiger partial charge in [-0.1, -0.05) is 23.7 Å². The average Bonchev–Trinajstić information content (AvgIpc) is 2.52. The Morgan fingerprint density at radius 1 is 1.27 bits per heavy atom. The zero-order valence-electron chi connectivity index (χ0n) is 12.0. The molecule has 0 unspecified atom stereocenters. The molecule has 0 aromatic heterocycles. The van der Waals surface area contributed by atoms with Crippen molar-refractivity contribution in [3.8, 4) is 5.75 Å². The van der Waals surface area contributed by atoms with Gasteiger partial charge in [-0.25, -0.2) is 5.43 Å². The lowest BCUT2D eigenvalue weighted by atomic mass is 10.1. The number of carbonyl (C=O) groups excluding carboxylic acids is 1. The van der Waals surface area contributed by atoms with E-state index >= 15 is 0 Å². The van der Waals surface area contributed by atoms with Crippen LogP contribution in [-0.2, 0) is 4.79 Å². The van der Waals surface area contributed by atoms with Gasteiger partial charge in [0, 0.05) is 10.7 Å². The maximum absolute atomic E-state index is 11.7. The maximum Gasteiger partial charge on any atom is 0.277 e. The van der Waals surface area contributed by atoms with Crippen molar-refractivity contribution < 1.29 is 9.53 Å². The first kappa shape index (κ1) is 15.9. The summed E-state index contributed by atoms with van der Waals surface area (Å²) in [7, 11) is 0. The van der Waals surface area contributed by atoms with Crippen molar-refractivity contribution in [2.45, 2.75) is 6.92 Å². The highest BCUT2D eigenvalue weighted by atomic mass is 35.5. The van der Waals surface area contributed by atoms with Crippen LogP contribution in [0.1, 0.15) is 12.5 Å². The van der Waals surface area contributed by atoms with Gasteiger partial charge in [0.05, 0.1) is 5.71 Å². The summed E-state index contributed by atoms with van der Waals surface area (Å²) < 4.78 is 5.32. The molecule has 0 fully saturated rings. The first-order chi connectivity index (χ1) is 10.5. The number of nitrogen functional groups attached to an aromatic ring is 1. The van der Waals surface area contributed by atoms with Gasteiger partial charge in [0.25, 0.3) is 5.91 Å². The number of ether oxygens (including phenoxy) is 1. The van der Waals surface area contributed by atoms with E-state index in [0.717, 1.165) is 5.56 Å². The molecular weight excluding hydrogens is 302 g/mol. The predicted octanol–water partition coefficient (Wildman–Crippen LogP) is 2.84. The lowest BCUT2D eigenvalue weighted by Gasteiger charge is -2.06. The molecule has 0 spiro atoms. The summed E-state index contributed by atoms with van der Waals surface area (Å²) in [6.07, 6.45) is 0. The van der Waals surface area contributed by atoms with Crippen LogP contribution in [0.2, 0.25) is 5.02 Å². The van der Waals surface area contributed by atoms with Crippen LogP contribution >= 0.6 is 11.6 Å². The lowest BCUT2D eigenvalue weighted by molar-refractivity contribution is -0.123. The van der Waals surface area contributed by atoms with Crippen molar-refractivity contribution in [3.05, 3.63) is 59.1 Å². The summed E-state index contributed by atoms with van der Waals surface area (Å²) in [5.41, 5.74) is 10.3. The smallest absolute Gasteiger partial charge is 0.277 e. The predicted molar refractivity (Wildman–Crippen MR) is 88.2 cm³/mol. The Kier molecular flexibility index (Phi) is 5.38. The van der Waals surface area contributed by atoms with Crippen LogP contribution in [0.3, 0.4) is 0 Å². The third-order valence-corrected chi connectivity index (χ3v) is 3.09. The standard InChI is InChI=1S/C16H16ClN3O2/c1-11(12-3-2-4-14(18)9-12)19-20-16(21)10-22-15-7-5-13(17)6-8-15/h2-9H,10,18H2,1H3,(H,20,21)/b19-11-. The Labute approximate surface area is 133 Å². The van der Waals surface area contributed by atoms with Crippen LogP contribution in [0.25, 0.3) is 0 Å². The molecule has 2 rings (SSSR count). The second-order valence-electron chi connectivity index (χ2n) is 4.60. The van der Waals surface area contributed by atoms with E-state index in [4.69, 9.17) is 22.1 Å². The summed E-state index contributed by atoms with van der Waals surface area (Å²) in [4.78, 5) is 11.7. The van der Waals surface area contributed by atoms with Gasteiger partial charge in [-0.3, -0.25) is 4.79 Å². The van der Waals surface area contributed by atoms with Crippen LogP contribution in [0.4, 0.5) is 5.69 Å². The zero-order chi connectivity index (χ0) is 15.9. The van der Waals surface area contributed by atoms with E-state index in [1.165, 1.54) is 0 Å². The number of hydrogen-bond acceptors (Lipinski definition) is 4. The minimum atomic E-state index is -0.349. The number of anilines is 1. The molecule has 0 aliphatic rings. The van der Waals surface area contributed by atoms with Crippen molar-refractivity contribution >= 4 is 28.9 Å². The summed E-state index contributed by atoms with van der Waals surface area (Å²) in [5, 5.41) is 4.63. The molecule has 2 aromatic carbocycles. The third-order valence-electron chi connectivity index (χ3n) is 2.84. The van der Waals surface area contributed by atoms with Gasteiger partial charge in [-0.2, -0.15) is 5.10 Å². The van der Waals surface area contributed by atoms with Crippen LogP contribution in [0, 0.1) is 0 Å². The largest absolute Gasteiger partial charge is 0.484 e. The van der Waals surface area contributed by atoms with Gasteiger partial charge in [-0.15, -0.1) is 0 Å². The van der Waals surface area contributed by atoms with Crippen LogP contribution in [0.15, 0.2) is 53.6 Å². The number of nitrogens with one attached hydrogen (secondary N) is 1. The molecule has 1 amide bonds. The summed E-state index contributed by atoms with van der Waals surface area (Å²) >= 11 is 5.77. The molecule has 0 heterocycles. The zero-order valence-corrected chi connectivity index (χ0v) is 12.8. The van der Waals surface area contributed by atoms with Crippen molar-refractivity contribution in [1.29, 1.82) is 0 Å². The average molecular weight is 318 g/mol. The molecule has 2 aromatic rings. The number of hydrazone groups is 1. The van der Waals surface area contributed by atoms with Gasteiger partial charge >= 0.3 is 0 Å². The van der Waals surface area contributed by atoms with E-state index in [9.17, 15) is 4.79 Å². The monoisotopic (exact) mass is 317 g/mol. The highest BCUT2D eigenvalue weighted by Crippen LogP contribution is 2.15. The van der Waals surface area contributed by atoms with Crippen molar-refractivity contribution in [1.82, 2.24) is 5.43 Å². The van der Waals surface area contributed by atoms with E-state index in [-0.39, 0.29) is 12.5 Å². The van der Waals surface area contributed by atoms with Crippen LogP contribution < -0.4 is 15.9 Å². The molecule has 0 aliphatic carbocycles. The number of nitrogens with two attached hydrogens (primary N) is 1. The second-order valence-corrected chi connectivity index (χ2v) is 5.04. The molecule has 0 aliphatic heterocycles. The van der Waals surface area contributed by atoms with Crippen molar-refractivity contribution in [3.63, 3.8) is 0 Å². The number of benzene rings is 2. The fourth-order valence-corrected chi connectivity index (χ4v) is 1.81. The first-order valence-electron chi connectivity index (χ1n) is 6.62. The van der Waals surface area contributed by atoms with Gasteiger partial charge in [0.1, 0.15) is 5.75 Å². The van der Waals surface area contributed by atoms with E-state index in [1.54, 1.807) is 43.3 Å². The quantitative estimate of drug-likeness (QED) is 0.506. The Bertz CT molecular complexity index is 684. The van der Waals surface area contributed by atoms with Gasteiger partial charge < -0.3 is 10.5 Å². The minimum Gasteiger partial charge on any atom is -0.484 e. The number of hydrogen-bond donors (Lipinski definition) is 2. The lowest BCUT2D eigenvalue weighted by Crippen LogP contribution is -2.25. The highest BCUT2D eigenvalue weighted by molar-refractivity contribution is 6.30. The molecule has 22 heavy (non-hydrogen) atoms. The first-order valence-corrected chi connectivity index (χ1v) is 7.00. The molecule has 0 radical (unpaired) electrons. The SMILES string of the molecule is C/C(=N/NC(=O)COc1ccc(Cl)cc1)c1cccc(N)c1. The van der Waals surface area contributed by atoms with Crippen molar-refractivity contribution in [2.75, 3.05) is 12.3 Å². The van der Waals surface area contributed by atoms with E-state index < -0.39 is 0 Å².